The molecule has 0 fully saturated rings. The number of halogens is 1. The van der Waals surface area contributed by atoms with Gasteiger partial charge < -0.3 is 10.4 Å². The first-order valence-corrected chi connectivity index (χ1v) is 9.18. The lowest BCUT2D eigenvalue weighted by Crippen LogP contribution is -2.29. The molecule has 146 valence electrons. The molecule has 29 heavy (non-hydrogen) atoms. The first-order chi connectivity index (χ1) is 14.0. The van der Waals surface area contributed by atoms with Gasteiger partial charge in [0.2, 0.25) is 0 Å². The number of aryl methyl sites for hydroxylation is 1. The van der Waals surface area contributed by atoms with Crippen LogP contribution in [-0.4, -0.2) is 44.0 Å². The van der Waals surface area contributed by atoms with Crippen molar-refractivity contribution < 1.29 is 14.7 Å². The van der Waals surface area contributed by atoms with Gasteiger partial charge in [0, 0.05) is 21.7 Å². The Morgan fingerprint density at radius 3 is 2.72 bits per heavy atom. The third-order valence-corrected chi connectivity index (χ3v) is 4.88. The van der Waals surface area contributed by atoms with E-state index in [0.29, 0.717) is 40.1 Å². The summed E-state index contributed by atoms with van der Waals surface area (Å²) in [4.78, 5) is 27.9. The molecule has 0 saturated heterocycles. The maximum atomic E-state index is 12.4. The fraction of sp³-hybridized carbons (Fsp3) is 0.150. The zero-order valence-corrected chi connectivity index (χ0v) is 16.1. The summed E-state index contributed by atoms with van der Waals surface area (Å²) in [6.07, 6.45) is 0. The minimum absolute atomic E-state index is 0.302. The number of carboxylic acids is 1. The quantitative estimate of drug-likeness (QED) is 0.687. The number of fused-ring (bicyclic) bond motifs is 3. The molecule has 1 aromatic heterocycles. The van der Waals surface area contributed by atoms with Crippen molar-refractivity contribution in [2.24, 2.45) is 4.99 Å². The van der Waals surface area contributed by atoms with Gasteiger partial charge in [0.15, 0.2) is 5.82 Å². The molecule has 1 amide bonds. The number of rotatable bonds is 4. The Labute approximate surface area is 170 Å². The van der Waals surface area contributed by atoms with Crippen molar-refractivity contribution in [2.45, 2.75) is 13.5 Å². The van der Waals surface area contributed by atoms with E-state index in [2.05, 4.69) is 15.5 Å². The Kier molecular flexibility index (Phi) is 4.85. The van der Waals surface area contributed by atoms with E-state index in [-0.39, 0.29) is 0 Å². The van der Waals surface area contributed by atoms with Crippen LogP contribution in [-0.2, 0) is 11.3 Å². The number of amides is 1. The van der Waals surface area contributed by atoms with Crippen LogP contribution in [0.2, 0.25) is 5.02 Å². The van der Waals surface area contributed by atoms with Crippen molar-refractivity contribution in [1.82, 2.24) is 20.1 Å². The molecule has 0 saturated carbocycles. The van der Waals surface area contributed by atoms with Crippen molar-refractivity contribution in [3.05, 3.63) is 75.8 Å². The number of carbonyl (C=O) groups is 2. The van der Waals surface area contributed by atoms with Crippen LogP contribution < -0.4 is 5.32 Å². The van der Waals surface area contributed by atoms with E-state index in [1.54, 1.807) is 24.3 Å². The number of nitrogens with zero attached hydrogens (tertiary/aromatic N) is 4. The monoisotopic (exact) mass is 409 g/mol. The molecule has 8 nitrogen and oxygen atoms in total. The number of benzene rings is 2. The summed E-state index contributed by atoms with van der Waals surface area (Å²) in [7, 11) is 0. The Hall–Kier alpha value is -3.52. The van der Waals surface area contributed by atoms with Crippen molar-refractivity contribution in [3.63, 3.8) is 0 Å². The molecule has 0 spiro atoms. The fourth-order valence-corrected chi connectivity index (χ4v) is 3.49. The molecule has 0 unspecified atom stereocenters. The average molecular weight is 410 g/mol. The average Bonchev–Trinajstić information content (AvgIpc) is 2.99. The van der Waals surface area contributed by atoms with Gasteiger partial charge in [0.1, 0.15) is 18.9 Å². The number of carbonyl (C=O) groups excluding carboxylic acids is 1. The summed E-state index contributed by atoms with van der Waals surface area (Å²) in [6, 6.07) is 12.4. The molecule has 0 atom stereocenters. The van der Waals surface area contributed by atoms with Crippen LogP contribution >= 0.6 is 11.6 Å². The van der Waals surface area contributed by atoms with Crippen LogP contribution in [0.5, 0.6) is 0 Å². The summed E-state index contributed by atoms with van der Waals surface area (Å²) < 4.78 is 1.89. The summed E-state index contributed by atoms with van der Waals surface area (Å²) in [6.45, 7) is 1.68. The van der Waals surface area contributed by atoms with Gasteiger partial charge in [-0.25, -0.2) is 0 Å². The van der Waals surface area contributed by atoms with E-state index in [0.717, 1.165) is 11.3 Å². The molecule has 1 aliphatic heterocycles. The van der Waals surface area contributed by atoms with Gasteiger partial charge in [0.05, 0.1) is 11.4 Å². The van der Waals surface area contributed by atoms with Crippen LogP contribution in [0.25, 0.3) is 5.69 Å². The maximum absolute atomic E-state index is 12.4. The highest BCUT2D eigenvalue weighted by atomic mass is 35.5. The zero-order valence-electron chi connectivity index (χ0n) is 15.4. The Morgan fingerprint density at radius 1 is 1.17 bits per heavy atom. The lowest BCUT2D eigenvalue weighted by molar-refractivity contribution is -0.135. The van der Waals surface area contributed by atoms with Gasteiger partial charge in [-0.2, -0.15) is 0 Å². The van der Waals surface area contributed by atoms with Crippen molar-refractivity contribution >= 4 is 29.2 Å². The normalized spacial score (nSPS) is 12.4. The van der Waals surface area contributed by atoms with Crippen LogP contribution in [0, 0.1) is 6.92 Å². The van der Waals surface area contributed by atoms with E-state index in [1.807, 2.05) is 29.7 Å². The molecule has 2 aromatic carbocycles. The predicted molar refractivity (Wildman–Crippen MR) is 107 cm³/mol. The largest absolute Gasteiger partial charge is 0.480 e. The molecule has 1 aliphatic rings. The van der Waals surface area contributed by atoms with Gasteiger partial charge in [-0.05, 0) is 31.2 Å². The molecule has 2 N–H and O–H groups in total. The minimum Gasteiger partial charge on any atom is -0.480 e. The Balaban J connectivity index is 1.88. The molecular weight excluding hydrogens is 394 g/mol. The lowest BCUT2D eigenvalue weighted by Gasteiger charge is -2.15. The molecule has 9 heteroatoms. The second kappa shape index (κ2) is 7.48. The number of hydrogen-bond acceptors (Lipinski definition) is 5. The number of nitrogens with one attached hydrogen (secondary N) is 1. The van der Waals surface area contributed by atoms with Gasteiger partial charge >= 0.3 is 5.97 Å². The van der Waals surface area contributed by atoms with Crippen LogP contribution in [0.15, 0.2) is 47.5 Å². The van der Waals surface area contributed by atoms with Crippen LogP contribution in [0.4, 0.5) is 0 Å². The third-order valence-electron chi connectivity index (χ3n) is 4.55. The van der Waals surface area contributed by atoms with Gasteiger partial charge in [-0.1, -0.05) is 29.8 Å². The lowest BCUT2D eigenvalue weighted by atomic mass is 9.98. The second-order valence-corrected chi connectivity index (χ2v) is 6.86. The highest BCUT2D eigenvalue weighted by Gasteiger charge is 2.24. The summed E-state index contributed by atoms with van der Waals surface area (Å²) in [5, 5.41) is 20.1. The summed E-state index contributed by atoms with van der Waals surface area (Å²) in [5.74, 6) is -0.233. The van der Waals surface area contributed by atoms with E-state index >= 15 is 0 Å². The molecule has 3 aromatic rings. The summed E-state index contributed by atoms with van der Waals surface area (Å²) >= 11 is 6.42. The molecule has 0 bridgehead atoms. The van der Waals surface area contributed by atoms with E-state index in [9.17, 15) is 9.59 Å². The Morgan fingerprint density at radius 2 is 1.97 bits per heavy atom. The van der Waals surface area contributed by atoms with Crippen molar-refractivity contribution in [3.8, 4) is 5.69 Å². The second-order valence-electron chi connectivity index (χ2n) is 6.45. The minimum atomic E-state index is -1.11. The van der Waals surface area contributed by atoms with Crippen LogP contribution in [0.1, 0.15) is 33.1 Å². The third kappa shape index (κ3) is 3.50. The number of aromatic nitrogens is 3. The maximum Gasteiger partial charge on any atom is 0.322 e. The van der Waals surface area contributed by atoms with Gasteiger partial charge in [0.25, 0.3) is 5.91 Å². The Bertz CT molecular complexity index is 1170. The SMILES string of the molecule is Cc1nnc2n1-c1ccc(C(=O)NCC(=O)O)cc1C(c1ccccc1Cl)=NC2. The molecule has 0 aliphatic carbocycles. The van der Waals surface area contributed by atoms with E-state index in [1.165, 1.54) is 0 Å². The first-order valence-electron chi connectivity index (χ1n) is 8.80. The van der Waals surface area contributed by atoms with Gasteiger partial charge in [-0.3, -0.25) is 19.1 Å². The molecule has 4 rings (SSSR count). The standard InChI is InChI=1S/C20H16ClN5O3/c1-11-24-25-17-9-22-19(13-4-2-3-5-15(13)21)14-8-12(6-7-16(14)26(11)17)20(29)23-10-18(27)28/h2-8H,9-10H2,1H3,(H,23,29)(H,27,28). The highest BCUT2D eigenvalue weighted by molar-refractivity contribution is 6.35. The smallest absolute Gasteiger partial charge is 0.322 e. The van der Waals surface area contributed by atoms with E-state index in [4.69, 9.17) is 21.7 Å². The van der Waals surface area contributed by atoms with Crippen molar-refractivity contribution in [2.75, 3.05) is 6.54 Å². The number of aliphatic imine (C=N–C) groups is 1. The molecule has 2 heterocycles. The number of hydrogen-bond donors (Lipinski definition) is 2. The van der Waals surface area contributed by atoms with E-state index < -0.39 is 18.4 Å². The fourth-order valence-electron chi connectivity index (χ4n) is 3.26. The molecular formula is C20H16ClN5O3. The van der Waals surface area contributed by atoms with Crippen LogP contribution in [0.3, 0.4) is 0 Å². The zero-order chi connectivity index (χ0) is 20.5. The number of carboxylic acid groups (broad SMARTS) is 1. The predicted octanol–water partition coefficient (Wildman–Crippen LogP) is 2.39. The van der Waals surface area contributed by atoms with Gasteiger partial charge in [-0.15, -0.1) is 10.2 Å². The topological polar surface area (TPSA) is 109 Å². The first kappa shape index (κ1) is 18.8. The number of aliphatic carboxylic acids is 1. The van der Waals surface area contributed by atoms with Crippen molar-refractivity contribution in [1.29, 1.82) is 0 Å². The highest BCUT2D eigenvalue weighted by Crippen LogP contribution is 2.29. The summed E-state index contributed by atoms with van der Waals surface area (Å²) in [5.41, 5.74) is 3.13. The molecule has 0 radical (unpaired) electrons.